The number of hydrogen-bond donors (Lipinski definition) is 1. The molecule has 4 heterocycles. The van der Waals surface area contributed by atoms with E-state index in [-0.39, 0.29) is 29.0 Å². The average Bonchev–Trinajstić information content (AvgIpc) is 3.54. The van der Waals surface area contributed by atoms with Crippen LogP contribution in [-0.4, -0.2) is 40.2 Å². The fourth-order valence-electron chi connectivity index (χ4n) is 3.99. The topological polar surface area (TPSA) is 95.5 Å². The van der Waals surface area contributed by atoms with Crippen LogP contribution < -0.4 is 5.32 Å². The number of anilines is 1. The van der Waals surface area contributed by atoms with Gasteiger partial charge in [0.1, 0.15) is 6.54 Å². The number of pyridine rings is 1. The summed E-state index contributed by atoms with van der Waals surface area (Å²) >= 11 is 0. The number of carbonyl (C=O) groups is 1. The molecule has 4 aromatic heterocycles. The van der Waals surface area contributed by atoms with Crippen molar-refractivity contribution in [3.05, 3.63) is 78.0 Å². The summed E-state index contributed by atoms with van der Waals surface area (Å²) in [4.78, 5) is 17.3. The molecule has 0 saturated carbocycles. The van der Waals surface area contributed by atoms with Crippen molar-refractivity contribution < 1.29 is 13.6 Å². The van der Waals surface area contributed by atoms with Crippen molar-refractivity contribution in [2.24, 2.45) is 7.05 Å². The first-order valence-electron chi connectivity index (χ1n) is 10.9. The Morgan fingerprint density at radius 3 is 2.63 bits per heavy atom. The number of carbonyl (C=O) groups excluding carboxylic acids is 1. The van der Waals surface area contributed by atoms with Crippen LogP contribution in [-0.2, 0) is 24.9 Å². The van der Waals surface area contributed by atoms with E-state index in [1.807, 2.05) is 30.3 Å². The van der Waals surface area contributed by atoms with E-state index >= 15 is 0 Å². The van der Waals surface area contributed by atoms with Crippen molar-refractivity contribution in [1.82, 2.24) is 34.3 Å². The van der Waals surface area contributed by atoms with E-state index in [0.29, 0.717) is 29.2 Å². The molecule has 0 aliphatic heterocycles. The molecule has 5 rings (SSSR count). The molecule has 0 spiro atoms. The summed E-state index contributed by atoms with van der Waals surface area (Å²) in [5.74, 6) is -0.374. The zero-order valence-corrected chi connectivity index (χ0v) is 19.1. The summed E-state index contributed by atoms with van der Waals surface area (Å²) in [6.07, 6.45) is 3.80. The number of aryl methyl sites for hydroxylation is 2. The van der Waals surface area contributed by atoms with E-state index in [4.69, 9.17) is 0 Å². The number of nitrogens with zero attached hydrogens (tertiary/aromatic N) is 7. The largest absolute Gasteiger partial charge is 0.322 e. The van der Waals surface area contributed by atoms with Gasteiger partial charge in [-0.3, -0.25) is 14.2 Å². The summed E-state index contributed by atoms with van der Waals surface area (Å²) in [6, 6.07) is 11.2. The fraction of sp³-hybridized carbons (Fsp3) is 0.208. The number of nitrogens with one attached hydrogen (secondary N) is 1. The van der Waals surface area contributed by atoms with Crippen molar-refractivity contribution in [2.45, 2.75) is 26.4 Å². The molecule has 1 N–H and O–H groups in total. The molecule has 0 aliphatic rings. The van der Waals surface area contributed by atoms with Crippen LogP contribution in [0.1, 0.15) is 23.2 Å². The van der Waals surface area contributed by atoms with Gasteiger partial charge in [0.25, 0.3) is 6.43 Å². The molecular weight excluding hydrogens is 454 g/mol. The molecule has 9 nitrogen and oxygen atoms in total. The molecule has 0 unspecified atom stereocenters. The predicted molar refractivity (Wildman–Crippen MR) is 126 cm³/mol. The number of benzene rings is 1. The van der Waals surface area contributed by atoms with E-state index in [1.165, 1.54) is 10.7 Å². The van der Waals surface area contributed by atoms with Crippen LogP contribution in [0.3, 0.4) is 0 Å². The molecule has 0 atom stereocenters. The first kappa shape index (κ1) is 22.4. The number of fused-ring (bicyclic) bond motifs is 1. The summed E-state index contributed by atoms with van der Waals surface area (Å²) in [6.45, 7) is 2.00. The molecule has 1 amide bonds. The Kier molecular flexibility index (Phi) is 5.81. The predicted octanol–water partition coefficient (Wildman–Crippen LogP) is 3.96. The molecule has 0 aliphatic carbocycles. The minimum atomic E-state index is -2.73. The number of alkyl halides is 2. The third-order valence-corrected chi connectivity index (χ3v) is 5.54. The van der Waals surface area contributed by atoms with Gasteiger partial charge >= 0.3 is 0 Å². The zero-order chi connectivity index (χ0) is 24.5. The number of amides is 1. The highest BCUT2D eigenvalue weighted by Crippen LogP contribution is 2.33. The molecule has 0 bridgehead atoms. The standard InChI is InChI=1S/C24H22F2N8O/c1-15-22-19(23(25)26)8-20(17-9-27-32(2)12-17)30-24(22)34(31-15)14-21(35)29-18-10-28-33(13-18)11-16-6-4-3-5-7-16/h3-10,12-13,23H,11,14H2,1-2H3,(H,29,35). The van der Waals surface area contributed by atoms with Crippen LogP contribution >= 0.6 is 0 Å². The zero-order valence-electron chi connectivity index (χ0n) is 19.1. The van der Waals surface area contributed by atoms with Gasteiger partial charge in [0, 0.05) is 30.6 Å². The quantitative estimate of drug-likeness (QED) is 0.384. The second kappa shape index (κ2) is 9.09. The summed E-state index contributed by atoms with van der Waals surface area (Å²) in [5.41, 5.74) is 2.95. The minimum Gasteiger partial charge on any atom is -0.322 e. The number of rotatable bonds is 7. The van der Waals surface area contributed by atoms with Crippen LogP contribution in [0.15, 0.2) is 61.2 Å². The van der Waals surface area contributed by atoms with Gasteiger partial charge in [-0.2, -0.15) is 15.3 Å². The number of hydrogen-bond acceptors (Lipinski definition) is 5. The minimum absolute atomic E-state index is 0.180. The van der Waals surface area contributed by atoms with Crippen LogP contribution in [0.2, 0.25) is 0 Å². The molecule has 0 fully saturated rings. The maximum absolute atomic E-state index is 13.9. The van der Waals surface area contributed by atoms with Gasteiger partial charge in [0.15, 0.2) is 5.65 Å². The van der Waals surface area contributed by atoms with Crippen molar-refractivity contribution in [1.29, 1.82) is 0 Å². The van der Waals surface area contributed by atoms with E-state index in [1.54, 1.807) is 48.1 Å². The van der Waals surface area contributed by atoms with Gasteiger partial charge in [-0.05, 0) is 18.6 Å². The van der Waals surface area contributed by atoms with E-state index in [9.17, 15) is 13.6 Å². The molecule has 178 valence electrons. The summed E-state index contributed by atoms with van der Waals surface area (Å²) in [5, 5.41) is 15.7. The lowest BCUT2D eigenvalue weighted by atomic mass is 10.1. The Morgan fingerprint density at radius 1 is 1.11 bits per heavy atom. The molecule has 1 aromatic carbocycles. The number of halogens is 2. The lowest BCUT2D eigenvalue weighted by Gasteiger charge is -2.08. The van der Waals surface area contributed by atoms with Gasteiger partial charge < -0.3 is 5.32 Å². The second-order valence-corrected chi connectivity index (χ2v) is 8.20. The van der Waals surface area contributed by atoms with Crippen LogP contribution in [0.5, 0.6) is 0 Å². The SMILES string of the molecule is Cc1nn(CC(=O)Nc2cnn(Cc3ccccc3)c2)c2nc(-c3cnn(C)c3)cc(C(F)F)c12. The molecule has 11 heteroatoms. The first-order chi connectivity index (χ1) is 16.9. The molecule has 35 heavy (non-hydrogen) atoms. The van der Waals surface area contributed by atoms with Crippen molar-refractivity contribution >= 4 is 22.6 Å². The fourth-order valence-corrected chi connectivity index (χ4v) is 3.99. The van der Waals surface area contributed by atoms with Crippen molar-refractivity contribution in [3.63, 3.8) is 0 Å². The van der Waals surface area contributed by atoms with Crippen molar-refractivity contribution in [2.75, 3.05) is 5.32 Å². The first-order valence-corrected chi connectivity index (χ1v) is 10.9. The molecule has 5 aromatic rings. The Hall–Kier alpha value is -4.41. The smallest absolute Gasteiger partial charge is 0.264 e. The van der Waals surface area contributed by atoms with E-state index in [0.717, 1.165) is 5.56 Å². The Bertz CT molecular complexity index is 1500. The normalized spacial score (nSPS) is 11.5. The Morgan fingerprint density at radius 2 is 1.91 bits per heavy atom. The average molecular weight is 476 g/mol. The second-order valence-electron chi connectivity index (χ2n) is 8.20. The van der Waals surface area contributed by atoms with Gasteiger partial charge in [-0.1, -0.05) is 30.3 Å². The van der Waals surface area contributed by atoms with Crippen LogP contribution in [0, 0.1) is 6.92 Å². The summed E-state index contributed by atoms with van der Waals surface area (Å²) < 4.78 is 32.5. The molecule has 0 radical (unpaired) electrons. The summed E-state index contributed by atoms with van der Waals surface area (Å²) in [7, 11) is 1.73. The monoisotopic (exact) mass is 476 g/mol. The molecular formula is C24H22F2N8O. The van der Waals surface area contributed by atoms with Gasteiger partial charge in [0.05, 0.1) is 41.4 Å². The number of aromatic nitrogens is 7. The van der Waals surface area contributed by atoms with Crippen LogP contribution in [0.25, 0.3) is 22.3 Å². The van der Waals surface area contributed by atoms with Crippen molar-refractivity contribution in [3.8, 4) is 11.3 Å². The Labute approximate surface area is 199 Å². The highest BCUT2D eigenvalue weighted by atomic mass is 19.3. The van der Waals surface area contributed by atoms with Crippen LogP contribution in [0.4, 0.5) is 14.5 Å². The lowest BCUT2D eigenvalue weighted by molar-refractivity contribution is -0.116. The third-order valence-electron chi connectivity index (χ3n) is 5.54. The maximum atomic E-state index is 13.9. The third kappa shape index (κ3) is 4.65. The Balaban J connectivity index is 1.40. The highest BCUT2D eigenvalue weighted by Gasteiger charge is 2.22. The van der Waals surface area contributed by atoms with E-state index < -0.39 is 6.43 Å². The highest BCUT2D eigenvalue weighted by molar-refractivity contribution is 5.92. The van der Waals surface area contributed by atoms with Gasteiger partial charge in [-0.25, -0.2) is 18.4 Å². The molecule has 0 saturated heterocycles. The van der Waals surface area contributed by atoms with E-state index in [2.05, 4.69) is 25.6 Å². The van der Waals surface area contributed by atoms with Gasteiger partial charge in [-0.15, -0.1) is 0 Å². The maximum Gasteiger partial charge on any atom is 0.264 e. The lowest BCUT2D eigenvalue weighted by Crippen LogP contribution is -2.19. The van der Waals surface area contributed by atoms with Gasteiger partial charge in [0.2, 0.25) is 5.91 Å².